The summed E-state index contributed by atoms with van der Waals surface area (Å²) in [5.74, 6) is -1.04. The van der Waals surface area contributed by atoms with Gasteiger partial charge in [0.1, 0.15) is 5.60 Å². The lowest BCUT2D eigenvalue weighted by Crippen LogP contribution is -2.41. The van der Waals surface area contributed by atoms with Gasteiger partial charge in [-0.3, -0.25) is 0 Å². The molecule has 164 valence electrons. The molecular formula is C21H29BBrNO6. The fraction of sp³-hybridized carbons (Fsp3) is 0.524. The fourth-order valence-electron chi connectivity index (χ4n) is 2.70. The Balaban J connectivity index is 2.34. The van der Waals surface area contributed by atoms with Crippen LogP contribution in [0.1, 0.15) is 64.4 Å². The van der Waals surface area contributed by atoms with Crippen molar-refractivity contribution in [2.24, 2.45) is 0 Å². The second-order valence-corrected chi connectivity index (χ2v) is 10.1. The molecule has 0 atom stereocenters. The van der Waals surface area contributed by atoms with E-state index in [2.05, 4.69) is 21.2 Å². The van der Waals surface area contributed by atoms with E-state index in [1.807, 2.05) is 27.7 Å². The predicted molar refractivity (Wildman–Crippen MR) is 119 cm³/mol. The number of rotatable bonds is 5. The van der Waals surface area contributed by atoms with Crippen LogP contribution in [-0.4, -0.2) is 47.6 Å². The van der Waals surface area contributed by atoms with Gasteiger partial charge < -0.3 is 24.5 Å². The van der Waals surface area contributed by atoms with E-state index in [0.29, 0.717) is 15.5 Å². The number of ether oxygens (including phenoxy) is 1. The second-order valence-electron chi connectivity index (χ2n) is 9.21. The van der Waals surface area contributed by atoms with Crippen LogP contribution in [0, 0.1) is 0 Å². The molecular weight excluding hydrogens is 453 g/mol. The van der Waals surface area contributed by atoms with Gasteiger partial charge in [-0.1, -0.05) is 12.1 Å². The number of amides is 1. The van der Waals surface area contributed by atoms with Gasteiger partial charge in [-0.15, -0.1) is 0 Å². The van der Waals surface area contributed by atoms with E-state index in [4.69, 9.17) is 14.0 Å². The van der Waals surface area contributed by atoms with Crippen LogP contribution in [0.4, 0.5) is 4.79 Å². The van der Waals surface area contributed by atoms with Crippen molar-refractivity contribution in [1.82, 2.24) is 5.32 Å². The van der Waals surface area contributed by atoms with Crippen molar-refractivity contribution < 1.29 is 28.7 Å². The van der Waals surface area contributed by atoms with E-state index in [-0.39, 0.29) is 12.1 Å². The molecule has 1 aliphatic heterocycles. The van der Waals surface area contributed by atoms with Crippen LogP contribution in [0.2, 0.25) is 0 Å². The summed E-state index contributed by atoms with van der Waals surface area (Å²) in [6.07, 6.45) is 1.20. The maximum absolute atomic E-state index is 12.1. The van der Waals surface area contributed by atoms with Crippen molar-refractivity contribution in [2.75, 3.05) is 6.54 Å². The minimum atomic E-state index is -1.04. The molecule has 0 bridgehead atoms. The summed E-state index contributed by atoms with van der Waals surface area (Å²) < 4.78 is 18.0. The lowest BCUT2D eigenvalue weighted by Gasteiger charge is -2.32. The Hall–Kier alpha value is -1.84. The fourth-order valence-corrected chi connectivity index (χ4v) is 3.11. The predicted octanol–water partition coefficient (Wildman–Crippen LogP) is 4.69. The highest BCUT2D eigenvalue weighted by Gasteiger charge is 2.52. The third-order valence-electron chi connectivity index (χ3n) is 4.96. The standard InChI is InChI=1S/C21H29BBrNO6/c1-19(2,3)28-18(27)24-12-14(22-29-20(4,5)21(6,7)30-22)10-13-8-9-16(23)15(11-13)17(25)26/h8-11H,12H2,1-7H3,(H,24,27)(H,25,26). The van der Waals surface area contributed by atoms with Gasteiger partial charge in [-0.05, 0) is 87.6 Å². The molecule has 30 heavy (non-hydrogen) atoms. The number of hydrogen-bond acceptors (Lipinski definition) is 5. The molecule has 0 aromatic heterocycles. The normalized spacial score (nSPS) is 18.3. The first-order valence-corrected chi connectivity index (χ1v) is 10.5. The van der Waals surface area contributed by atoms with Gasteiger partial charge in [0.25, 0.3) is 0 Å². The third-order valence-corrected chi connectivity index (χ3v) is 5.66. The molecule has 1 heterocycles. The van der Waals surface area contributed by atoms with Crippen molar-refractivity contribution in [2.45, 2.75) is 65.3 Å². The molecule has 0 saturated carbocycles. The number of hydrogen-bond donors (Lipinski definition) is 2. The zero-order valence-corrected chi connectivity index (χ0v) is 20.0. The Labute approximate surface area is 186 Å². The van der Waals surface area contributed by atoms with Gasteiger partial charge in [0, 0.05) is 11.0 Å². The van der Waals surface area contributed by atoms with Gasteiger partial charge >= 0.3 is 19.2 Å². The summed E-state index contributed by atoms with van der Waals surface area (Å²) in [6, 6.07) is 4.98. The SMILES string of the molecule is CC(C)(C)OC(=O)NCC(=Cc1ccc(Br)c(C(=O)O)c1)B1OC(C)(C)C(C)(C)O1. The summed E-state index contributed by atoms with van der Waals surface area (Å²) in [7, 11) is -0.707. The molecule has 1 aliphatic rings. The van der Waals surface area contributed by atoms with Gasteiger partial charge in [-0.25, -0.2) is 9.59 Å². The van der Waals surface area contributed by atoms with Crippen LogP contribution in [-0.2, 0) is 14.0 Å². The lowest BCUT2D eigenvalue weighted by molar-refractivity contribution is 0.00578. The summed E-state index contributed by atoms with van der Waals surface area (Å²) in [4.78, 5) is 23.6. The number of nitrogens with one attached hydrogen (secondary N) is 1. The second kappa shape index (κ2) is 8.73. The molecule has 1 saturated heterocycles. The van der Waals surface area contributed by atoms with E-state index in [1.165, 1.54) is 0 Å². The van der Waals surface area contributed by atoms with E-state index in [1.54, 1.807) is 45.0 Å². The third kappa shape index (κ3) is 6.09. The number of carboxylic acids is 1. The summed E-state index contributed by atoms with van der Waals surface area (Å²) >= 11 is 3.25. The molecule has 1 aromatic carbocycles. The number of halogens is 1. The van der Waals surface area contributed by atoms with Crippen molar-refractivity contribution in [1.29, 1.82) is 0 Å². The molecule has 2 N–H and O–H groups in total. The van der Waals surface area contributed by atoms with Crippen LogP contribution in [0.15, 0.2) is 28.1 Å². The minimum absolute atomic E-state index is 0.115. The molecule has 0 radical (unpaired) electrons. The first kappa shape index (κ1) is 24.4. The Kier molecular flexibility index (Phi) is 7.11. The molecule has 2 rings (SSSR count). The Morgan fingerprint density at radius 1 is 1.20 bits per heavy atom. The topological polar surface area (TPSA) is 94.1 Å². The summed E-state index contributed by atoms with van der Waals surface area (Å²) in [5.41, 5.74) is -0.328. The van der Waals surface area contributed by atoms with Crippen LogP contribution in [0.3, 0.4) is 0 Å². The largest absolute Gasteiger partial charge is 0.492 e. The molecule has 7 nitrogen and oxygen atoms in total. The van der Waals surface area contributed by atoms with Crippen LogP contribution in [0.5, 0.6) is 0 Å². The minimum Gasteiger partial charge on any atom is -0.478 e. The number of carboxylic acid groups (broad SMARTS) is 1. The maximum atomic E-state index is 12.1. The number of carbonyl (C=O) groups is 2. The van der Waals surface area contributed by atoms with Crippen molar-refractivity contribution in [3.8, 4) is 0 Å². The van der Waals surface area contributed by atoms with E-state index in [9.17, 15) is 14.7 Å². The number of aromatic carboxylic acids is 1. The Morgan fingerprint density at radius 2 is 1.77 bits per heavy atom. The monoisotopic (exact) mass is 481 g/mol. The van der Waals surface area contributed by atoms with Gasteiger partial charge in [0.15, 0.2) is 0 Å². The highest BCUT2D eigenvalue weighted by Crippen LogP contribution is 2.38. The number of benzene rings is 1. The number of carbonyl (C=O) groups excluding carboxylic acids is 1. The average molecular weight is 482 g/mol. The maximum Gasteiger partial charge on any atom is 0.492 e. The highest BCUT2D eigenvalue weighted by atomic mass is 79.9. The van der Waals surface area contributed by atoms with Crippen LogP contribution < -0.4 is 5.32 Å². The van der Waals surface area contributed by atoms with E-state index >= 15 is 0 Å². The first-order valence-electron chi connectivity index (χ1n) is 9.67. The Morgan fingerprint density at radius 3 is 2.27 bits per heavy atom. The molecule has 1 fully saturated rings. The molecule has 9 heteroatoms. The Bertz CT molecular complexity index is 844. The average Bonchev–Trinajstić information content (AvgIpc) is 2.78. The highest BCUT2D eigenvalue weighted by molar-refractivity contribution is 9.10. The van der Waals surface area contributed by atoms with E-state index in [0.717, 1.165) is 0 Å². The molecule has 0 aliphatic carbocycles. The zero-order valence-electron chi connectivity index (χ0n) is 18.5. The first-order chi connectivity index (χ1) is 13.6. The van der Waals surface area contributed by atoms with Crippen LogP contribution in [0.25, 0.3) is 6.08 Å². The molecule has 1 aromatic rings. The van der Waals surface area contributed by atoms with Gasteiger partial charge in [-0.2, -0.15) is 0 Å². The smallest absolute Gasteiger partial charge is 0.478 e. The quantitative estimate of drug-likeness (QED) is 0.592. The summed E-state index contributed by atoms with van der Waals surface area (Å²) in [5, 5.41) is 12.1. The van der Waals surface area contributed by atoms with Crippen molar-refractivity contribution in [3.05, 3.63) is 39.3 Å². The van der Waals surface area contributed by atoms with Crippen LogP contribution >= 0.6 is 15.9 Å². The molecule has 0 unspecified atom stereocenters. The molecule has 0 spiro atoms. The van der Waals surface area contributed by atoms with Crippen molar-refractivity contribution >= 4 is 41.2 Å². The number of alkyl carbamates (subject to hydrolysis) is 1. The summed E-state index contributed by atoms with van der Waals surface area (Å²) in [6.45, 7) is 13.2. The van der Waals surface area contributed by atoms with Gasteiger partial charge in [0.2, 0.25) is 0 Å². The molecule has 1 amide bonds. The van der Waals surface area contributed by atoms with Crippen molar-refractivity contribution in [3.63, 3.8) is 0 Å². The van der Waals surface area contributed by atoms with Gasteiger partial charge in [0.05, 0.1) is 16.8 Å². The van der Waals surface area contributed by atoms with E-state index < -0.39 is 36.0 Å². The zero-order chi connectivity index (χ0) is 22.9. The lowest BCUT2D eigenvalue weighted by atomic mass is 9.77.